The first-order chi connectivity index (χ1) is 8.29. The summed E-state index contributed by atoms with van der Waals surface area (Å²) in [7, 11) is 0. The molecule has 1 aromatic rings. The number of benzene rings is 1. The summed E-state index contributed by atoms with van der Waals surface area (Å²) in [5, 5.41) is 2.51. The molecule has 0 saturated carbocycles. The van der Waals surface area contributed by atoms with Crippen molar-refractivity contribution in [2.45, 2.75) is 13.1 Å². The lowest BCUT2D eigenvalue weighted by Gasteiger charge is -2.12. The van der Waals surface area contributed by atoms with E-state index in [9.17, 15) is 18.0 Å². The van der Waals surface area contributed by atoms with Crippen LogP contribution in [0.25, 0.3) is 0 Å². The monoisotopic (exact) mass is 277 g/mol. The van der Waals surface area contributed by atoms with Gasteiger partial charge >= 0.3 is 6.18 Å². The summed E-state index contributed by atoms with van der Waals surface area (Å²) >= 11 is 4.77. The summed E-state index contributed by atoms with van der Waals surface area (Å²) in [6.45, 7) is 1.26. The number of hydrogen-bond donors (Lipinski definition) is 3. The van der Waals surface area contributed by atoms with Gasteiger partial charge in [0, 0.05) is 12.6 Å². The Morgan fingerprint density at radius 3 is 2.50 bits per heavy atom. The van der Waals surface area contributed by atoms with Gasteiger partial charge in [-0.25, -0.2) is 0 Å². The van der Waals surface area contributed by atoms with Crippen LogP contribution in [0.3, 0.4) is 0 Å². The summed E-state index contributed by atoms with van der Waals surface area (Å²) in [5.41, 5.74) is 3.92. The molecule has 18 heavy (non-hydrogen) atoms. The molecule has 0 aromatic heterocycles. The van der Waals surface area contributed by atoms with Gasteiger partial charge in [-0.1, -0.05) is 6.07 Å². The molecule has 0 saturated heterocycles. The number of anilines is 1. The molecule has 0 heterocycles. The van der Waals surface area contributed by atoms with Crippen molar-refractivity contribution in [3.63, 3.8) is 0 Å². The van der Waals surface area contributed by atoms with Crippen molar-refractivity contribution in [3.05, 3.63) is 29.8 Å². The number of carbonyl (C=O) groups is 1. The molecule has 0 spiro atoms. The number of halogens is 3. The molecule has 0 unspecified atom stereocenters. The lowest BCUT2D eigenvalue weighted by molar-refractivity contribution is -0.137. The van der Waals surface area contributed by atoms with Crippen LogP contribution in [0.4, 0.5) is 18.9 Å². The topological polar surface area (TPSA) is 53.2 Å². The van der Waals surface area contributed by atoms with E-state index in [1.165, 1.54) is 19.1 Å². The first-order valence-corrected chi connectivity index (χ1v) is 5.20. The molecule has 0 fully saturated rings. The predicted octanol–water partition coefficient (Wildman–Crippen LogP) is 2.04. The zero-order valence-electron chi connectivity index (χ0n) is 9.26. The van der Waals surface area contributed by atoms with Gasteiger partial charge in [-0.2, -0.15) is 13.2 Å². The molecule has 0 bridgehead atoms. The van der Waals surface area contributed by atoms with Crippen LogP contribution in [-0.4, -0.2) is 11.0 Å². The third-order valence-corrected chi connectivity index (χ3v) is 2.00. The van der Waals surface area contributed by atoms with Crippen molar-refractivity contribution < 1.29 is 18.0 Å². The average Bonchev–Trinajstić information content (AvgIpc) is 2.25. The highest BCUT2D eigenvalue weighted by atomic mass is 32.1. The summed E-state index contributed by atoms with van der Waals surface area (Å²) < 4.78 is 37.3. The molecule has 0 aliphatic carbocycles. The molecule has 3 N–H and O–H groups in total. The minimum atomic E-state index is -4.41. The largest absolute Gasteiger partial charge is 0.416 e. The number of hydrogen-bond acceptors (Lipinski definition) is 2. The summed E-state index contributed by atoms with van der Waals surface area (Å²) in [6.07, 6.45) is -4.41. The zero-order valence-corrected chi connectivity index (χ0v) is 10.1. The average molecular weight is 277 g/mol. The molecule has 0 atom stereocenters. The molecule has 1 amide bonds. The van der Waals surface area contributed by atoms with Crippen LogP contribution in [-0.2, 0) is 11.0 Å². The Kier molecular flexibility index (Phi) is 4.49. The first kappa shape index (κ1) is 14.2. The fraction of sp³-hybridized carbons (Fsp3) is 0.200. The third-order valence-electron chi connectivity index (χ3n) is 1.80. The van der Waals surface area contributed by atoms with Crippen LogP contribution in [0.1, 0.15) is 12.5 Å². The van der Waals surface area contributed by atoms with E-state index < -0.39 is 11.7 Å². The van der Waals surface area contributed by atoms with Gasteiger partial charge in [-0.3, -0.25) is 15.6 Å². The smallest absolute Gasteiger partial charge is 0.331 e. The molecule has 4 nitrogen and oxygen atoms in total. The Morgan fingerprint density at radius 2 is 1.94 bits per heavy atom. The van der Waals surface area contributed by atoms with Crippen LogP contribution in [0, 0.1) is 0 Å². The van der Waals surface area contributed by atoms with Crippen LogP contribution in [0.15, 0.2) is 24.3 Å². The number of thiocarbonyl (C=S) groups is 1. The Labute approximate surface area is 107 Å². The van der Waals surface area contributed by atoms with Gasteiger partial charge in [0.05, 0.1) is 5.56 Å². The molecule has 0 aliphatic rings. The fourth-order valence-electron chi connectivity index (χ4n) is 1.08. The van der Waals surface area contributed by atoms with Gasteiger partial charge in [0.25, 0.3) is 0 Å². The van der Waals surface area contributed by atoms with Gasteiger partial charge in [0.2, 0.25) is 5.91 Å². The van der Waals surface area contributed by atoms with Crippen molar-refractivity contribution in [3.8, 4) is 0 Å². The number of alkyl halides is 3. The number of carbonyl (C=O) groups excluding carboxylic acids is 1. The number of hydrazine groups is 1. The summed E-state index contributed by atoms with van der Waals surface area (Å²) in [4.78, 5) is 10.6. The Hall–Kier alpha value is -1.83. The van der Waals surface area contributed by atoms with Crippen molar-refractivity contribution in [2.75, 3.05) is 5.32 Å². The van der Waals surface area contributed by atoms with Gasteiger partial charge in [0.1, 0.15) is 0 Å². The highest BCUT2D eigenvalue weighted by molar-refractivity contribution is 7.80. The Morgan fingerprint density at radius 1 is 1.28 bits per heavy atom. The minimum absolute atomic E-state index is 0.00970. The Bertz CT molecular complexity index is 462. The van der Waals surface area contributed by atoms with E-state index in [1.54, 1.807) is 0 Å². The molecular weight excluding hydrogens is 267 g/mol. The number of rotatable bonds is 1. The van der Waals surface area contributed by atoms with Gasteiger partial charge in [-0.05, 0) is 30.4 Å². The van der Waals surface area contributed by atoms with Crippen molar-refractivity contribution in [1.29, 1.82) is 0 Å². The highest BCUT2D eigenvalue weighted by Crippen LogP contribution is 2.30. The first-order valence-electron chi connectivity index (χ1n) is 4.80. The van der Waals surface area contributed by atoms with Crippen molar-refractivity contribution in [1.82, 2.24) is 10.9 Å². The third kappa shape index (κ3) is 4.58. The van der Waals surface area contributed by atoms with E-state index in [4.69, 9.17) is 12.2 Å². The number of amides is 1. The maximum atomic E-state index is 12.4. The molecule has 1 rings (SSSR count). The normalized spacial score (nSPS) is 10.7. The summed E-state index contributed by atoms with van der Waals surface area (Å²) in [6, 6.07) is 4.56. The number of nitrogens with one attached hydrogen (secondary N) is 3. The lowest BCUT2D eigenvalue weighted by atomic mass is 10.2. The lowest BCUT2D eigenvalue weighted by Crippen LogP contribution is -2.42. The second-order valence-corrected chi connectivity index (χ2v) is 3.75. The second kappa shape index (κ2) is 5.67. The zero-order chi connectivity index (χ0) is 13.8. The predicted molar refractivity (Wildman–Crippen MR) is 64.6 cm³/mol. The standard InChI is InChI=1S/C10H10F3N3OS/c1-6(17)15-16-9(18)14-8-4-2-3-7(5-8)10(11,12)13/h2-5H,1H3,(H,15,17)(H2,14,16,18). The Balaban J connectivity index is 2.68. The van der Waals surface area contributed by atoms with Crippen molar-refractivity contribution >= 4 is 28.9 Å². The fourth-order valence-corrected chi connectivity index (χ4v) is 1.25. The van der Waals surface area contributed by atoms with Crippen LogP contribution < -0.4 is 16.2 Å². The van der Waals surface area contributed by atoms with E-state index in [2.05, 4.69) is 16.2 Å². The van der Waals surface area contributed by atoms with E-state index in [0.29, 0.717) is 0 Å². The second-order valence-electron chi connectivity index (χ2n) is 3.34. The maximum absolute atomic E-state index is 12.4. The van der Waals surface area contributed by atoms with Crippen LogP contribution >= 0.6 is 12.2 Å². The van der Waals surface area contributed by atoms with E-state index in [1.807, 2.05) is 0 Å². The molecular formula is C10H10F3N3OS. The molecule has 98 valence electrons. The van der Waals surface area contributed by atoms with E-state index in [0.717, 1.165) is 12.1 Å². The van der Waals surface area contributed by atoms with Crippen LogP contribution in [0.2, 0.25) is 0 Å². The van der Waals surface area contributed by atoms with E-state index >= 15 is 0 Å². The molecule has 0 aliphatic heterocycles. The van der Waals surface area contributed by atoms with Gasteiger partial charge in [-0.15, -0.1) is 0 Å². The SMILES string of the molecule is CC(=O)NNC(=S)Nc1cccc(C(F)(F)F)c1. The maximum Gasteiger partial charge on any atom is 0.416 e. The highest BCUT2D eigenvalue weighted by Gasteiger charge is 2.30. The quantitative estimate of drug-likeness (QED) is 0.543. The van der Waals surface area contributed by atoms with Crippen molar-refractivity contribution in [2.24, 2.45) is 0 Å². The van der Waals surface area contributed by atoms with Gasteiger partial charge in [0.15, 0.2) is 5.11 Å². The molecule has 8 heteroatoms. The van der Waals surface area contributed by atoms with E-state index in [-0.39, 0.29) is 16.7 Å². The molecule has 0 radical (unpaired) electrons. The van der Waals surface area contributed by atoms with Crippen LogP contribution in [0.5, 0.6) is 0 Å². The minimum Gasteiger partial charge on any atom is -0.331 e. The van der Waals surface area contributed by atoms with Gasteiger partial charge < -0.3 is 5.32 Å². The molecule has 1 aromatic carbocycles. The summed E-state index contributed by atoms with van der Waals surface area (Å²) in [5.74, 6) is -0.372.